The fourth-order valence-electron chi connectivity index (χ4n) is 11.2. The van der Waals surface area contributed by atoms with E-state index in [2.05, 4.69) is 0 Å². The zero-order chi connectivity index (χ0) is 108. The van der Waals surface area contributed by atoms with E-state index in [4.69, 9.17) is 0 Å². The van der Waals surface area contributed by atoms with Crippen LogP contribution in [0.15, 0.2) is 47.9 Å². The molecule has 0 amide bonds. The number of aliphatic hydroxyl groups excluding tert-OH is 2. The number of ketones is 1. The third-order valence-electron chi connectivity index (χ3n) is 19.3. The molecular formula is C60H34F68N2O4. The van der Waals surface area contributed by atoms with Gasteiger partial charge in [0.15, 0.2) is 5.78 Å². The number of carbonyl (C=O) groups excluding carboxylic acids is 1. The summed E-state index contributed by atoms with van der Waals surface area (Å²) in [5.41, 5.74) is -6.81. The van der Waals surface area contributed by atoms with E-state index in [-0.39, 0.29) is 30.4 Å². The Hall–Kier alpha value is -7.78. The molecule has 0 saturated heterocycles. The third kappa shape index (κ3) is 17.3. The highest BCUT2D eigenvalue weighted by Crippen LogP contribution is 2.71. The zero-order valence-electron chi connectivity index (χ0n) is 61.4. The van der Waals surface area contributed by atoms with Crippen LogP contribution in [0.5, 0.6) is 5.75 Å². The molecule has 0 heterocycles. The SMILES string of the molecule is O=C1C(c2ccc(N(CCCC(F)(F)C(F)(F)C(F)(F)C(F)(F)C(F)(F)C(F)(F)C(F)(F)C(F)(F)F)CCCC(F)(F)C(F)(F)C(F)(F)C(F)(F)C(F)(F)C(F)(F)C(F)(F)C(F)(F)F)cc2[O-])=C(O)C1C1C=CC(=[N+](CCCC(F)(F)C(F)(F)C(F)(F)C(F)(F)C(F)(F)C(F)(F)C(F)(F)C(F)(F)F)CCCC(F)(F)C(F)(F)C(F)(F)C(F)(F)C(F)(F)C(F)(F)C(F)(F)C(F)(F)F)C=C1O. The molecule has 0 saturated carbocycles. The molecule has 6 nitrogen and oxygen atoms in total. The van der Waals surface area contributed by atoms with Gasteiger partial charge in [-0.25, -0.2) is 4.58 Å². The van der Waals surface area contributed by atoms with Gasteiger partial charge in [-0.1, -0.05) is 17.9 Å². The zero-order valence-corrected chi connectivity index (χ0v) is 61.4. The molecule has 2 atom stereocenters. The molecule has 0 spiro atoms. The van der Waals surface area contributed by atoms with Gasteiger partial charge < -0.3 is 20.2 Å². The lowest BCUT2D eigenvalue weighted by Gasteiger charge is -2.43. The van der Waals surface area contributed by atoms with E-state index in [1.165, 1.54) is 0 Å². The Morgan fingerprint density at radius 2 is 0.500 bits per heavy atom. The van der Waals surface area contributed by atoms with Crippen molar-refractivity contribution in [2.24, 2.45) is 11.8 Å². The highest BCUT2D eigenvalue weighted by atomic mass is 19.5. The van der Waals surface area contributed by atoms with Crippen LogP contribution in [0.1, 0.15) is 56.9 Å². The van der Waals surface area contributed by atoms with Crippen molar-refractivity contribution in [1.29, 1.82) is 0 Å². The highest BCUT2D eigenvalue weighted by molar-refractivity contribution is 6.30. The molecule has 0 aromatic heterocycles. The van der Waals surface area contributed by atoms with Gasteiger partial charge in [0.05, 0.1) is 17.4 Å². The number of allylic oxidation sites excluding steroid dienone is 5. The number of anilines is 1. The maximum Gasteiger partial charge on any atom is 0.460 e. The van der Waals surface area contributed by atoms with Crippen LogP contribution in [0.2, 0.25) is 0 Å². The number of halogens is 68. The molecule has 1 aromatic carbocycles. The Bertz CT molecular complexity index is 4290. The number of hydrogen-bond donors (Lipinski definition) is 2. The number of carbonyl (C=O) groups is 1. The van der Waals surface area contributed by atoms with E-state index in [0.717, 1.165) is 0 Å². The van der Waals surface area contributed by atoms with Gasteiger partial charge in [-0.3, -0.25) is 4.79 Å². The smallest absolute Gasteiger partial charge is 0.460 e. The van der Waals surface area contributed by atoms with E-state index in [9.17, 15) is 284 Å². The quantitative estimate of drug-likeness (QED) is 0.0503. The van der Waals surface area contributed by atoms with Gasteiger partial charge in [-0.15, -0.1) is 0 Å². The van der Waals surface area contributed by atoms with E-state index in [1.807, 2.05) is 0 Å². The van der Waals surface area contributed by atoms with Crippen LogP contribution in [0.4, 0.5) is 304 Å². The fourth-order valence-corrected chi connectivity index (χ4v) is 11.2. The molecule has 2 aliphatic carbocycles. The topological polar surface area (TPSA) is 86.8 Å². The van der Waals surface area contributed by atoms with Crippen molar-refractivity contribution in [1.82, 2.24) is 0 Å². The van der Waals surface area contributed by atoms with Crippen molar-refractivity contribution in [2.75, 3.05) is 31.1 Å². The predicted molar refractivity (Wildman–Crippen MR) is 294 cm³/mol. The second-order valence-corrected chi connectivity index (χ2v) is 28.1. The maximum absolute atomic E-state index is 15.0. The summed E-state index contributed by atoms with van der Waals surface area (Å²) < 4.78 is 951. The minimum absolute atomic E-state index is 0.0704. The molecule has 2 aliphatic rings. The normalized spacial score (nSPS) is 18.3. The summed E-state index contributed by atoms with van der Waals surface area (Å²) in [5.74, 6) is -262. The number of Topliss-reactive ketones (excluding diaryl/α,β-unsaturated/α-hetero) is 1. The Balaban J connectivity index is 2.36. The lowest BCUT2D eigenvalue weighted by molar-refractivity contribution is -0.529. The predicted octanol–water partition coefficient (Wildman–Crippen LogP) is 26.3. The van der Waals surface area contributed by atoms with Gasteiger partial charge in [0.2, 0.25) is 5.71 Å². The molecule has 3 rings (SSSR count). The number of rotatable bonds is 43. The molecule has 0 radical (unpaired) electrons. The first-order valence-corrected chi connectivity index (χ1v) is 33.1. The first-order chi connectivity index (χ1) is 58.0. The van der Waals surface area contributed by atoms with Crippen LogP contribution in [0.3, 0.4) is 0 Å². The van der Waals surface area contributed by atoms with Crippen LogP contribution in [-0.4, -0.2) is 243 Å². The summed E-state index contributed by atoms with van der Waals surface area (Å²) in [5, 5.41) is 35.4. The first-order valence-electron chi connectivity index (χ1n) is 33.1. The van der Waals surface area contributed by atoms with E-state index in [0.29, 0.717) is 0 Å². The van der Waals surface area contributed by atoms with Crippen LogP contribution < -0.4 is 10.0 Å². The number of alkyl halides is 68. The molecule has 2 N–H and O–H groups in total. The summed E-state index contributed by atoms with van der Waals surface area (Å²) in [6.45, 7) is -9.70. The summed E-state index contributed by atoms with van der Waals surface area (Å²) in [7, 11) is 0. The molecular weight excluding hydrogens is 2100 g/mol. The van der Waals surface area contributed by atoms with Crippen molar-refractivity contribution in [2.45, 2.75) is 242 Å². The Kier molecular flexibility index (Phi) is 30.6. The van der Waals surface area contributed by atoms with Gasteiger partial charge in [-0.05, 0) is 30.5 Å². The van der Waals surface area contributed by atoms with Crippen molar-refractivity contribution in [3.63, 3.8) is 0 Å². The Morgan fingerprint density at radius 3 is 0.701 bits per heavy atom. The van der Waals surface area contributed by atoms with Crippen LogP contribution >= 0.6 is 0 Å². The average molecular weight is 2140 g/mol. The minimum Gasteiger partial charge on any atom is -0.872 e. The number of benzene rings is 1. The lowest BCUT2D eigenvalue weighted by atomic mass is 9.70. The number of nitrogens with zero attached hydrogens (tertiary/aromatic N) is 2. The molecule has 2 unspecified atom stereocenters. The lowest BCUT2D eigenvalue weighted by Crippen LogP contribution is -2.74. The van der Waals surface area contributed by atoms with E-state index < -0.39 is 341 Å². The number of aliphatic hydroxyl groups is 2. The summed E-state index contributed by atoms with van der Waals surface area (Å²) in [6, 6.07) is -0.925. The number of hydrogen-bond acceptors (Lipinski definition) is 5. The molecule has 74 heteroatoms. The molecule has 0 aliphatic heterocycles. The monoisotopic (exact) mass is 2140 g/mol. The van der Waals surface area contributed by atoms with Crippen molar-refractivity contribution in [3.05, 3.63) is 53.5 Å². The third-order valence-corrected chi connectivity index (χ3v) is 19.3. The maximum atomic E-state index is 15.0. The van der Waals surface area contributed by atoms with Crippen molar-refractivity contribution >= 4 is 22.8 Å². The van der Waals surface area contributed by atoms with E-state index >= 15 is 35.1 Å². The molecule has 0 fully saturated rings. The van der Waals surface area contributed by atoms with E-state index in [1.54, 1.807) is 0 Å². The summed E-state index contributed by atoms with van der Waals surface area (Å²) in [6.07, 6.45) is -59.6. The summed E-state index contributed by atoms with van der Waals surface area (Å²) in [4.78, 5) is 13.0. The van der Waals surface area contributed by atoms with Crippen LogP contribution in [0, 0.1) is 11.8 Å². The standard InChI is InChI=1S/C60H34F68N2O4/c61-29(62,33(69,70)37(77,78)41(85,86)45(93,94)49(101,102)53(109,110)57(117,118)119)9-1-13-129(14-2-10-30(63,64)34(71,72)38(79,80)42(87,88)46(95,96)50(103,104)54(111,112)58(120,121)122)19-5-7-21(23(131)17-19)25-27(133)26(28(25)134)22-8-6-20(18-24(22)132)130(15-3-11-31(65,66)35(73,74)39(81,82)43(89,90)47(97,98)51(105,106)55(113,114)59(123,124)125)16-4-12-32(67,68)36(75,76)40(83,84)44(91,92)48(99,100)52(107,108)56(115,116)60(126,127)128/h5-8,17-18,21,25H,1-4,9-16H2,(H2,132,133,134). The van der Waals surface area contributed by atoms with Crippen LogP contribution in [-0.2, 0) is 4.79 Å². The Morgan fingerprint density at radius 1 is 0.291 bits per heavy atom. The fraction of sp³-hybridized carbons (Fsp3) is 0.767. The van der Waals surface area contributed by atoms with Crippen LogP contribution in [0.25, 0.3) is 5.57 Å². The molecule has 0 bridgehead atoms. The first kappa shape index (κ1) is 120. The van der Waals surface area contributed by atoms with Gasteiger partial charge >= 0.3 is 191 Å². The molecule has 784 valence electrons. The summed E-state index contributed by atoms with van der Waals surface area (Å²) >= 11 is 0. The Labute approximate surface area is 690 Å². The van der Waals surface area contributed by atoms with Crippen molar-refractivity contribution < 1.29 is 323 Å². The van der Waals surface area contributed by atoms with Gasteiger partial charge in [-0.2, -0.15) is 299 Å². The second kappa shape index (κ2) is 34.0. The van der Waals surface area contributed by atoms with Gasteiger partial charge in [0.25, 0.3) is 0 Å². The van der Waals surface area contributed by atoms with Gasteiger partial charge in [0.1, 0.15) is 24.6 Å². The average Bonchev–Trinajstić information content (AvgIpc) is 0.703. The van der Waals surface area contributed by atoms with Crippen molar-refractivity contribution in [3.8, 4) is 5.75 Å². The minimum atomic E-state index is -9.37. The molecule has 134 heavy (non-hydrogen) atoms. The van der Waals surface area contributed by atoms with Gasteiger partial charge in [0, 0.05) is 69.5 Å². The largest absolute Gasteiger partial charge is 0.872 e. The molecule has 1 aromatic rings. The second-order valence-electron chi connectivity index (χ2n) is 28.1. The highest BCUT2D eigenvalue weighted by Gasteiger charge is 3.00.